The van der Waals surface area contributed by atoms with E-state index in [1.165, 1.54) is 23.1 Å². The van der Waals surface area contributed by atoms with Crippen molar-refractivity contribution in [2.45, 2.75) is 4.34 Å². The zero-order valence-corrected chi connectivity index (χ0v) is 15.9. The van der Waals surface area contributed by atoms with Gasteiger partial charge in [-0.3, -0.25) is 4.79 Å². The van der Waals surface area contributed by atoms with Gasteiger partial charge in [0.1, 0.15) is 5.75 Å². The number of rotatable bonds is 6. The lowest BCUT2D eigenvalue weighted by atomic mass is 10.2. The number of benzene rings is 1. The molecule has 1 N–H and O–H groups in total. The first-order valence-electron chi connectivity index (χ1n) is 8.01. The number of methoxy groups -OCH3 is 1. The Morgan fingerprint density at radius 3 is 2.72 bits per heavy atom. The highest BCUT2D eigenvalue weighted by atomic mass is 32.2. The molecule has 0 unspecified atom stereocenters. The predicted octanol–water partition coefficient (Wildman–Crippen LogP) is 2.03. The lowest BCUT2D eigenvalue weighted by molar-refractivity contribution is -0.128. The largest absolute Gasteiger partial charge is 0.495 e. The summed E-state index contributed by atoms with van der Waals surface area (Å²) >= 11 is 2.90. The summed E-state index contributed by atoms with van der Waals surface area (Å²) < 4.78 is 6.24. The number of para-hydroxylation sites is 2. The molecule has 0 radical (unpaired) electrons. The number of nitrogens with zero attached hydrogens (tertiary/aromatic N) is 4. The summed E-state index contributed by atoms with van der Waals surface area (Å²) in [6, 6.07) is 7.99. The van der Waals surface area contributed by atoms with Gasteiger partial charge < -0.3 is 19.9 Å². The van der Waals surface area contributed by atoms with Gasteiger partial charge in [0, 0.05) is 33.2 Å². The average molecular weight is 380 g/mol. The summed E-state index contributed by atoms with van der Waals surface area (Å²) in [4.78, 5) is 16.6. The van der Waals surface area contributed by atoms with Crippen LogP contribution in [-0.4, -0.2) is 67.1 Å². The first-order chi connectivity index (χ1) is 12.2. The maximum absolute atomic E-state index is 12.4. The molecule has 1 aliphatic heterocycles. The van der Waals surface area contributed by atoms with E-state index in [4.69, 9.17) is 4.74 Å². The number of hydrogen-bond donors (Lipinski definition) is 1. The molecule has 7 nitrogen and oxygen atoms in total. The fourth-order valence-corrected chi connectivity index (χ4v) is 4.28. The fourth-order valence-electron chi connectivity index (χ4n) is 2.67. The number of aromatic nitrogens is 2. The first-order valence-corrected chi connectivity index (χ1v) is 9.81. The van der Waals surface area contributed by atoms with Gasteiger partial charge >= 0.3 is 0 Å². The molecule has 9 heteroatoms. The number of carbonyl (C=O) groups is 1. The van der Waals surface area contributed by atoms with Crippen molar-refractivity contribution in [3.8, 4) is 5.75 Å². The van der Waals surface area contributed by atoms with Crippen LogP contribution in [0, 0.1) is 0 Å². The first kappa shape index (κ1) is 17.8. The van der Waals surface area contributed by atoms with Crippen LogP contribution in [0.5, 0.6) is 5.75 Å². The molecule has 1 saturated heterocycles. The highest BCUT2D eigenvalue weighted by molar-refractivity contribution is 8.01. The van der Waals surface area contributed by atoms with Crippen LogP contribution in [0.2, 0.25) is 0 Å². The molecule has 1 aromatic heterocycles. The standard InChI is InChI=1S/C16H21N5O2S2/c1-17-15-18-19-16(25-15)24-11-14(22)21-9-7-20(8-10-21)12-5-3-4-6-13(12)23-2/h3-6H,7-11H2,1-2H3,(H,17,18). The Morgan fingerprint density at radius 1 is 1.28 bits per heavy atom. The van der Waals surface area contributed by atoms with Crippen molar-refractivity contribution in [2.24, 2.45) is 0 Å². The van der Waals surface area contributed by atoms with Gasteiger partial charge in [0.2, 0.25) is 11.0 Å². The summed E-state index contributed by atoms with van der Waals surface area (Å²) in [7, 11) is 3.49. The Balaban J connectivity index is 1.50. The minimum absolute atomic E-state index is 0.144. The van der Waals surface area contributed by atoms with Crippen LogP contribution in [-0.2, 0) is 4.79 Å². The lowest BCUT2D eigenvalue weighted by Gasteiger charge is -2.36. The van der Waals surface area contributed by atoms with Gasteiger partial charge in [-0.15, -0.1) is 10.2 Å². The highest BCUT2D eigenvalue weighted by Crippen LogP contribution is 2.29. The smallest absolute Gasteiger partial charge is 0.233 e. The second-order valence-corrected chi connectivity index (χ2v) is 7.65. The maximum Gasteiger partial charge on any atom is 0.233 e. The molecular formula is C16H21N5O2S2. The van der Waals surface area contributed by atoms with Crippen molar-refractivity contribution in [3.05, 3.63) is 24.3 Å². The van der Waals surface area contributed by atoms with Crippen LogP contribution in [0.1, 0.15) is 0 Å². The number of hydrogen-bond acceptors (Lipinski definition) is 8. The van der Waals surface area contributed by atoms with E-state index < -0.39 is 0 Å². The monoisotopic (exact) mass is 379 g/mol. The fraction of sp³-hybridized carbons (Fsp3) is 0.438. The summed E-state index contributed by atoms with van der Waals surface area (Å²) in [6.07, 6.45) is 0. The number of anilines is 2. The molecule has 1 amide bonds. The molecule has 3 rings (SSSR count). The lowest BCUT2D eigenvalue weighted by Crippen LogP contribution is -2.49. The Morgan fingerprint density at radius 2 is 2.04 bits per heavy atom. The van der Waals surface area contributed by atoms with E-state index in [0.717, 1.165) is 47.1 Å². The topological polar surface area (TPSA) is 70.6 Å². The summed E-state index contributed by atoms with van der Waals surface area (Å²) in [5.41, 5.74) is 1.08. The quantitative estimate of drug-likeness (QED) is 0.770. The van der Waals surface area contributed by atoms with Crippen molar-refractivity contribution in [1.29, 1.82) is 0 Å². The second kappa shape index (κ2) is 8.39. The van der Waals surface area contributed by atoms with Crippen molar-refractivity contribution >= 4 is 39.8 Å². The molecule has 0 aliphatic carbocycles. The molecule has 1 aliphatic rings. The normalized spacial score (nSPS) is 14.5. The second-order valence-electron chi connectivity index (χ2n) is 5.45. The predicted molar refractivity (Wildman–Crippen MR) is 102 cm³/mol. The molecular weight excluding hydrogens is 358 g/mol. The summed E-state index contributed by atoms with van der Waals surface area (Å²) in [6.45, 7) is 3.05. The Labute approximate surface area is 155 Å². The molecule has 25 heavy (non-hydrogen) atoms. The minimum Gasteiger partial charge on any atom is -0.495 e. The number of amides is 1. The third-order valence-corrected chi connectivity index (χ3v) is 6.06. The van der Waals surface area contributed by atoms with Crippen molar-refractivity contribution < 1.29 is 9.53 Å². The maximum atomic E-state index is 12.4. The van der Waals surface area contributed by atoms with Crippen LogP contribution in [0.25, 0.3) is 0 Å². The van der Waals surface area contributed by atoms with E-state index in [1.54, 1.807) is 14.2 Å². The number of ether oxygens (including phenoxy) is 1. The Kier molecular flexibility index (Phi) is 5.98. The molecule has 2 aromatic rings. The third-order valence-electron chi connectivity index (χ3n) is 4.00. The molecule has 0 bridgehead atoms. The van der Waals surface area contributed by atoms with Crippen LogP contribution < -0.4 is 15.0 Å². The van der Waals surface area contributed by atoms with E-state index in [1.807, 2.05) is 23.1 Å². The highest BCUT2D eigenvalue weighted by Gasteiger charge is 2.23. The zero-order valence-electron chi connectivity index (χ0n) is 14.3. The SMILES string of the molecule is CNc1nnc(SCC(=O)N2CCN(c3ccccc3OC)CC2)s1. The van der Waals surface area contributed by atoms with Crippen LogP contribution >= 0.6 is 23.1 Å². The van der Waals surface area contributed by atoms with Gasteiger partial charge in [-0.25, -0.2) is 0 Å². The zero-order chi connectivity index (χ0) is 17.6. The number of carbonyl (C=O) groups excluding carboxylic acids is 1. The van der Waals surface area contributed by atoms with Crippen LogP contribution in [0.15, 0.2) is 28.6 Å². The van der Waals surface area contributed by atoms with E-state index >= 15 is 0 Å². The van der Waals surface area contributed by atoms with Gasteiger partial charge in [0.05, 0.1) is 18.6 Å². The third kappa shape index (κ3) is 4.35. The molecule has 2 heterocycles. The van der Waals surface area contributed by atoms with Crippen LogP contribution in [0.3, 0.4) is 0 Å². The van der Waals surface area contributed by atoms with Crippen LogP contribution in [0.4, 0.5) is 10.8 Å². The summed E-state index contributed by atoms with van der Waals surface area (Å²) in [5, 5.41) is 11.7. The van der Waals surface area contributed by atoms with Gasteiger partial charge in [-0.1, -0.05) is 35.2 Å². The molecule has 1 fully saturated rings. The van der Waals surface area contributed by atoms with Gasteiger partial charge in [-0.2, -0.15) is 0 Å². The van der Waals surface area contributed by atoms with Crippen molar-refractivity contribution in [1.82, 2.24) is 15.1 Å². The number of piperazine rings is 1. The van der Waals surface area contributed by atoms with Gasteiger partial charge in [-0.05, 0) is 12.1 Å². The van der Waals surface area contributed by atoms with E-state index in [9.17, 15) is 4.79 Å². The van der Waals surface area contributed by atoms with E-state index in [2.05, 4.69) is 26.5 Å². The molecule has 1 aromatic carbocycles. The summed E-state index contributed by atoms with van der Waals surface area (Å²) in [5.74, 6) is 1.41. The van der Waals surface area contributed by atoms with Crippen molar-refractivity contribution in [3.63, 3.8) is 0 Å². The number of thioether (sulfide) groups is 1. The van der Waals surface area contributed by atoms with E-state index in [-0.39, 0.29) is 5.91 Å². The van der Waals surface area contributed by atoms with E-state index in [0.29, 0.717) is 5.75 Å². The number of nitrogens with one attached hydrogen (secondary N) is 1. The molecule has 0 saturated carbocycles. The Bertz CT molecular complexity index is 716. The average Bonchev–Trinajstić information content (AvgIpc) is 3.14. The molecule has 0 spiro atoms. The Hall–Kier alpha value is -2.00. The molecule has 0 atom stereocenters. The molecule has 134 valence electrons. The van der Waals surface area contributed by atoms with Gasteiger partial charge in [0.25, 0.3) is 0 Å². The van der Waals surface area contributed by atoms with Crippen molar-refractivity contribution in [2.75, 3.05) is 56.3 Å². The van der Waals surface area contributed by atoms with Gasteiger partial charge in [0.15, 0.2) is 4.34 Å². The minimum atomic E-state index is 0.144.